The van der Waals surface area contributed by atoms with Gasteiger partial charge in [-0.15, -0.1) is 11.6 Å². The molecule has 0 aliphatic heterocycles. The van der Waals surface area contributed by atoms with Crippen LogP contribution in [0, 0.1) is 5.82 Å². The predicted octanol–water partition coefficient (Wildman–Crippen LogP) is 2.71. The third-order valence-corrected chi connectivity index (χ3v) is 1.74. The number of aromatic nitrogens is 1. The molecule has 2 nitrogen and oxygen atoms in total. The van der Waals surface area contributed by atoms with Crippen LogP contribution >= 0.6 is 11.6 Å². The Labute approximate surface area is 73.0 Å². The second kappa shape index (κ2) is 2.75. The van der Waals surface area contributed by atoms with Crippen LogP contribution in [0.4, 0.5) is 4.39 Å². The first-order valence-electron chi connectivity index (χ1n) is 3.40. The fourth-order valence-corrected chi connectivity index (χ4v) is 1.12. The smallest absolute Gasteiger partial charge is 0.210 e. The number of hydrogen-bond acceptors (Lipinski definition) is 2. The fraction of sp³-hybridized carbons (Fsp3) is 0.125. The lowest BCUT2D eigenvalue weighted by molar-refractivity contribution is 0.554. The summed E-state index contributed by atoms with van der Waals surface area (Å²) >= 11 is 5.49. The van der Waals surface area contributed by atoms with Gasteiger partial charge in [0.25, 0.3) is 0 Å². The zero-order valence-electron chi connectivity index (χ0n) is 6.05. The summed E-state index contributed by atoms with van der Waals surface area (Å²) in [4.78, 5) is 3.95. The van der Waals surface area contributed by atoms with E-state index in [1.165, 1.54) is 18.2 Å². The summed E-state index contributed by atoms with van der Waals surface area (Å²) in [5.74, 6) is 0.297. The van der Waals surface area contributed by atoms with Crippen LogP contribution in [0.15, 0.2) is 22.6 Å². The molecule has 2 aromatic rings. The van der Waals surface area contributed by atoms with E-state index in [0.29, 0.717) is 17.0 Å². The monoisotopic (exact) mass is 185 g/mol. The predicted molar refractivity (Wildman–Crippen MR) is 43.5 cm³/mol. The second-order valence-electron chi connectivity index (χ2n) is 2.35. The van der Waals surface area contributed by atoms with E-state index in [0.717, 1.165) is 0 Å². The highest BCUT2D eigenvalue weighted by Gasteiger charge is 2.04. The molecule has 0 bridgehead atoms. The standard InChI is InChI=1S/C8H5ClFNO/c9-4-8-11-6-3-5(10)1-2-7(6)12-8/h1-3H,4H2. The van der Waals surface area contributed by atoms with E-state index < -0.39 is 0 Å². The van der Waals surface area contributed by atoms with E-state index in [1.54, 1.807) is 0 Å². The van der Waals surface area contributed by atoms with Gasteiger partial charge in [-0.05, 0) is 12.1 Å². The summed E-state index contributed by atoms with van der Waals surface area (Å²) in [6, 6.07) is 4.17. The molecule has 0 aliphatic rings. The van der Waals surface area contributed by atoms with Gasteiger partial charge in [-0.25, -0.2) is 9.37 Å². The Kier molecular flexibility index (Phi) is 1.73. The lowest BCUT2D eigenvalue weighted by atomic mass is 10.3. The van der Waals surface area contributed by atoms with E-state index in [2.05, 4.69) is 4.98 Å². The first kappa shape index (κ1) is 7.55. The highest BCUT2D eigenvalue weighted by atomic mass is 35.5. The lowest BCUT2D eigenvalue weighted by Crippen LogP contribution is -1.74. The molecule has 4 heteroatoms. The van der Waals surface area contributed by atoms with Crippen LogP contribution in [-0.2, 0) is 5.88 Å². The Balaban J connectivity index is 2.67. The number of alkyl halides is 1. The summed E-state index contributed by atoms with van der Waals surface area (Å²) in [6.45, 7) is 0. The van der Waals surface area contributed by atoms with Gasteiger partial charge in [-0.2, -0.15) is 0 Å². The molecule has 0 saturated heterocycles. The summed E-state index contributed by atoms with van der Waals surface area (Å²) in [5.41, 5.74) is 1.07. The van der Waals surface area contributed by atoms with Gasteiger partial charge in [0.1, 0.15) is 11.3 Å². The molecule has 1 aromatic carbocycles. The van der Waals surface area contributed by atoms with Crippen molar-refractivity contribution in [1.29, 1.82) is 0 Å². The average molecular weight is 186 g/mol. The Bertz CT molecular complexity index is 412. The molecule has 0 aliphatic carbocycles. The third-order valence-electron chi connectivity index (χ3n) is 1.51. The van der Waals surface area contributed by atoms with E-state index in [-0.39, 0.29) is 11.7 Å². The molecule has 0 unspecified atom stereocenters. The Hall–Kier alpha value is -1.09. The molecule has 0 fully saturated rings. The Morgan fingerprint density at radius 1 is 1.50 bits per heavy atom. The summed E-state index contributed by atoms with van der Waals surface area (Å²) in [6.07, 6.45) is 0. The number of halogens is 2. The normalized spacial score (nSPS) is 10.8. The van der Waals surface area contributed by atoms with Crippen LogP contribution in [0.1, 0.15) is 5.89 Å². The lowest BCUT2D eigenvalue weighted by Gasteiger charge is -1.84. The van der Waals surface area contributed by atoms with Crippen molar-refractivity contribution in [1.82, 2.24) is 4.98 Å². The molecule has 12 heavy (non-hydrogen) atoms. The van der Waals surface area contributed by atoms with Crippen LogP contribution in [0.25, 0.3) is 11.1 Å². The maximum absolute atomic E-state index is 12.6. The maximum Gasteiger partial charge on any atom is 0.210 e. The zero-order valence-corrected chi connectivity index (χ0v) is 6.81. The van der Waals surface area contributed by atoms with Gasteiger partial charge in [0, 0.05) is 6.07 Å². The number of nitrogens with zero attached hydrogens (tertiary/aromatic N) is 1. The van der Waals surface area contributed by atoms with Crippen molar-refractivity contribution in [2.24, 2.45) is 0 Å². The first-order chi connectivity index (χ1) is 5.79. The maximum atomic E-state index is 12.6. The molecule has 0 amide bonds. The molecular weight excluding hydrogens is 181 g/mol. The number of oxazole rings is 1. The minimum absolute atomic E-state index is 0.205. The third kappa shape index (κ3) is 1.16. The largest absolute Gasteiger partial charge is 0.439 e. The second-order valence-corrected chi connectivity index (χ2v) is 2.62. The Morgan fingerprint density at radius 3 is 3.08 bits per heavy atom. The molecule has 0 atom stereocenters. The van der Waals surface area contributed by atoms with Crippen molar-refractivity contribution >= 4 is 22.7 Å². The minimum atomic E-state index is -0.322. The van der Waals surface area contributed by atoms with Crippen molar-refractivity contribution in [3.8, 4) is 0 Å². The fourth-order valence-electron chi connectivity index (χ4n) is 1.01. The van der Waals surface area contributed by atoms with Crippen LogP contribution in [0.2, 0.25) is 0 Å². The molecule has 0 N–H and O–H groups in total. The highest BCUT2D eigenvalue weighted by Crippen LogP contribution is 2.17. The molecule has 0 spiro atoms. The summed E-state index contributed by atoms with van der Waals surface area (Å²) < 4.78 is 17.8. The highest BCUT2D eigenvalue weighted by molar-refractivity contribution is 6.16. The van der Waals surface area contributed by atoms with Crippen LogP contribution in [0.5, 0.6) is 0 Å². The van der Waals surface area contributed by atoms with Gasteiger partial charge >= 0.3 is 0 Å². The molecule has 1 heterocycles. The molecule has 62 valence electrons. The first-order valence-corrected chi connectivity index (χ1v) is 3.94. The molecule has 1 aromatic heterocycles. The topological polar surface area (TPSA) is 26.0 Å². The van der Waals surface area contributed by atoms with Gasteiger partial charge in [0.2, 0.25) is 5.89 Å². The van der Waals surface area contributed by atoms with Crippen LogP contribution < -0.4 is 0 Å². The molecular formula is C8H5ClFNO. The number of rotatable bonds is 1. The van der Waals surface area contributed by atoms with Gasteiger partial charge in [-0.3, -0.25) is 0 Å². The number of fused-ring (bicyclic) bond motifs is 1. The Morgan fingerprint density at radius 2 is 2.33 bits per heavy atom. The van der Waals surface area contributed by atoms with Gasteiger partial charge in [0.15, 0.2) is 5.58 Å². The van der Waals surface area contributed by atoms with E-state index in [4.69, 9.17) is 16.0 Å². The van der Waals surface area contributed by atoms with Crippen molar-refractivity contribution in [3.63, 3.8) is 0 Å². The molecule has 0 saturated carbocycles. The van der Waals surface area contributed by atoms with Crippen molar-refractivity contribution in [2.45, 2.75) is 5.88 Å². The van der Waals surface area contributed by atoms with E-state index in [9.17, 15) is 4.39 Å². The van der Waals surface area contributed by atoms with Gasteiger partial charge in [0.05, 0.1) is 5.88 Å². The zero-order chi connectivity index (χ0) is 8.55. The van der Waals surface area contributed by atoms with Crippen molar-refractivity contribution in [3.05, 3.63) is 29.9 Å². The van der Waals surface area contributed by atoms with Crippen LogP contribution in [0.3, 0.4) is 0 Å². The molecule has 0 radical (unpaired) electrons. The average Bonchev–Trinajstić information content (AvgIpc) is 2.46. The number of benzene rings is 1. The summed E-state index contributed by atoms with van der Waals surface area (Å²) in [5, 5.41) is 0. The minimum Gasteiger partial charge on any atom is -0.439 e. The SMILES string of the molecule is Fc1ccc2oc(CCl)nc2c1. The summed E-state index contributed by atoms with van der Waals surface area (Å²) in [7, 11) is 0. The van der Waals surface area contributed by atoms with E-state index >= 15 is 0 Å². The van der Waals surface area contributed by atoms with E-state index in [1.807, 2.05) is 0 Å². The molecule has 2 rings (SSSR count). The van der Waals surface area contributed by atoms with Crippen LogP contribution in [-0.4, -0.2) is 4.98 Å². The van der Waals surface area contributed by atoms with Crippen molar-refractivity contribution < 1.29 is 8.81 Å². The van der Waals surface area contributed by atoms with Gasteiger partial charge < -0.3 is 4.42 Å². The quantitative estimate of drug-likeness (QED) is 0.639. The number of hydrogen-bond donors (Lipinski definition) is 0. The van der Waals surface area contributed by atoms with Crippen molar-refractivity contribution in [2.75, 3.05) is 0 Å². The van der Waals surface area contributed by atoms with Gasteiger partial charge in [-0.1, -0.05) is 0 Å².